The van der Waals surface area contributed by atoms with Crippen LogP contribution in [-0.4, -0.2) is 79.5 Å². The second kappa shape index (κ2) is 25.0. The Bertz CT molecular complexity index is 2570. The summed E-state index contributed by atoms with van der Waals surface area (Å²) in [7, 11) is 1.85. The molecule has 400 valence electrons. The molecule has 2 heterocycles. The predicted octanol–water partition coefficient (Wildman–Crippen LogP) is 11.4. The Morgan fingerprint density at radius 2 is 1.64 bits per heavy atom. The van der Waals surface area contributed by atoms with Crippen molar-refractivity contribution in [2.45, 2.75) is 153 Å². The molecular weight excluding hydrogens is 925 g/mol. The number of H-pyrrole nitrogens is 1. The number of aliphatic hydroxyl groups is 3. The summed E-state index contributed by atoms with van der Waals surface area (Å²) in [6, 6.07) is 23.9. The number of aromatic hydroxyl groups is 2. The van der Waals surface area contributed by atoms with Gasteiger partial charge in [-0.1, -0.05) is 126 Å². The van der Waals surface area contributed by atoms with Crippen LogP contribution in [-0.2, 0) is 11.2 Å². The number of phenols is 2. The molecule has 0 saturated heterocycles. The first-order valence-electron chi connectivity index (χ1n) is 28.1. The van der Waals surface area contributed by atoms with Crippen molar-refractivity contribution in [2.75, 3.05) is 20.1 Å². The molecule has 3 aromatic carbocycles. The van der Waals surface area contributed by atoms with E-state index < -0.39 is 29.5 Å². The van der Waals surface area contributed by atoms with E-state index in [4.69, 9.17) is 5.73 Å². The molecule has 0 unspecified atom stereocenters. The fourth-order valence-electron chi connectivity index (χ4n) is 13.7. The molecule has 2 fully saturated rings. The number of benzene rings is 3. The molecule has 0 bridgehead atoms. The monoisotopic (exact) mass is 1010 g/mol. The molecule has 0 radical (unpaired) electrons. The largest absolute Gasteiger partial charge is 0.508 e. The zero-order valence-electron chi connectivity index (χ0n) is 44.5. The summed E-state index contributed by atoms with van der Waals surface area (Å²) >= 11 is 0. The first-order valence-corrected chi connectivity index (χ1v) is 28.1. The van der Waals surface area contributed by atoms with E-state index in [1.165, 1.54) is 30.9 Å². The third-order valence-corrected chi connectivity index (χ3v) is 17.6. The van der Waals surface area contributed by atoms with Gasteiger partial charge in [-0.15, -0.1) is 0 Å². The number of dihydropyridines is 1. The number of hydrogen-bond donors (Lipinski definition) is 10. The number of fused-ring (bicyclic) bond motifs is 1. The van der Waals surface area contributed by atoms with E-state index >= 15 is 0 Å². The number of aliphatic hydroxyl groups excluding tert-OH is 2. The van der Waals surface area contributed by atoms with Crippen LogP contribution in [0.2, 0.25) is 0 Å². The summed E-state index contributed by atoms with van der Waals surface area (Å²) in [5.74, 6) is -1.89. The Hall–Kier alpha value is -5.33. The molecule has 11 N–H and O–H groups in total. The van der Waals surface area contributed by atoms with Gasteiger partial charge in [-0.05, 0) is 141 Å². The molecule has 4 aromatic rings. The number of aromatic amines is 1. The molecule has 2 saturated carbocycles. The maximum atomic E-state index is 13.7. The van der Waals surface area contributed by atoms with Crippen molar-refractivity contribution >= 4 is 5.97 Å². The van der Waals surface area contributed by atoms with Crippen LogP contribution in [0.1, 0.15) is 151 Å². The number of allylic oxidation sites excluding steroid dienone is 3. The number of nitrogens with two attached hydrogens (primary N) is 1. The number of nitrogens with one attached hydrogen (secondary N) is 3. The van der Waals surface area contributed by atoms with Crippen LogP contribution < -0.4 is 16.4 Å². The number of carboxylic acids is 1. The van der Waals surface area contributed by atoms with Crippen LogP contribution in [0, 0.1) is 41.4 Å². The molecule has 1 aliphatic heterocycles. The SMILES string of the molecule is CCCCC[C@H]1C=C[C@H](CCCC[C@@H]2CC[C@H](c3cc(-c4ccccc4)c(-c4cc(O)cc(O)c4Cc4ccc(C(C)C)cc4)[nH]3)[C@@H]3C[C@H](CC4=CCNC(N)=C4)C[C@]3(O)[C@H](CNC)C[C@@H](O)[C@@H]2C(=O)O)[C@H](O)C1. The van der Waals surface area contributed by atoms with Crippen molar-refractivity contribution < 1.29 is 35.4 Å². The molecule has 74 heavy (non-hydrogen) atoms. The van der Waals surface area contributed by atoms with Crippen LogP contribution >= 0.6 is 0 Å². The zero-order chi connectivity index (χ0) is 52.5. The van der Waals surface area contributed by atoms with Crippen LogP contribution in [0.25, 0.3) is 22.4 Å². The van der Waals surface area contributed by atoms with Gasteiger partial charge < -0.3 is 52.0 Å². The Labute approximate surface area is 440 Å². The highest BCUT2D eigenvalue weighted by Gasteiger charge is 2.55. The molecular formula is C63H86N4O7. The summed E-state index contributed by atoms with van der Waals surface area (Å²) in [6.45, 7) is 7.57. The number of carbonyl (C=O) groups is 1. The third kappa shape index (κ3) is 13.0. The average Bonchev–Trinajstić information content (AvgIpc) is 3.95. The number of carboxylic acid groups (broad SMARTS) is 1. The Kier molecular flexibility index (Phi) is 18.6. The van der Waals surface area contributed by atoms with E-state index in [1.807, 2.05) is 31.3 Å². The summed E-state index contributed by atoms with van der Waals surface area (Å²) in [4.78, 5) is 17.5. The maximum Gasteiger partial charge on any atom is 0.309 e. The van der Waals surface area contributed by atoms with E-state index in [-0.39, 0.29) is 53.6 Å². The molecule has 4 aliphatic rings. The second-order valence-corrected chi connectivity index (χ2v) is 23.1. The quantitative estimate of drug-likeness (QED) is 0.0300. The molecule has 11 nitrogen and oxygen atoms in total. The predicted molar refractivity (Wildman–Crippen MR) is 296 cm³/mol. The van der Waals surface area contributed by atoms with Gasteiger partial charge in [-0.3, -0.25) is 4.79 Å². The minimum Gasteiger partial charge on any atom is -0.508 e. The Morgan fingerprint density at radius 1 is 0.878 bits per heavy atom. The molecule has 3 aliphatic carbocycles. The number of hydrogen-bond acceptors (Lipinski definition) is 9. The standard InChI is InChI=1S/C63H86N4O7/c1-5-6-8-13-40-20-23-46(56(69)31-40)16-11-12-17-47-24-25-50(54-30-43(28-42-26-27-66-59(64)32-42)37-63(54,74)48(38-65-4)33-58(71)60(47)62(72)73)55-36-51(45-14-9-7-10-15-45)61(67-55)53-34-49(68)35-57(70)52(53)29-41-18-21-44(22-19-41)39(2)3/h7,9-10,14-15,18-23,26,32,34-36,39-40,43,46-48,50,54,56,58,60,65-71,74H,5-6,8,11-13,16-17,24-25,27-31,33,37-38,64H2,1-4H3,(H,72,73)/t40-,43-,46-,47+,48-,50-,54-,56+,58+,60+,63-/m0/s1. The van der Waals surface area contributed by atoms with E-state index in [0.29, 0.717) is 80.4 Å². The first kappa shape index (κ1) is 54.9. The minimum absolute atomic E-state index is 0.00616. The van der Waals surface area contributed by atoms with Crippen LogP contribution in [0.5, 0.6) is 11.5 Å². The number of aromatic nitrogens is 1. The Balaban J connectivity index is 1.19. The lowest BCUT2D eigenvalue weighted by Crippen LogP contribution is -2.51. The van der Waals surface area contributed by atoms with Gasteiger partial charge >= 0.3 is 5.97 Å². The van der Waals surface area contributed by atoms with E-state index in [1.54, 1.807) is 6.07 Å². The maximum absolute atomic E-state index is 13.7. The van der Waals surface area contributed by atoms with Crippen molar-refractivity contribution in [3.05, 3.63) is 131 Å². The smallest absolute Gasteiger partial charge is 0.309 e. The van der Waals surface area contributed by atoms with Gasteiger partial charge in [-0.25, -0.2) is 0 Å². The fraction of sp³-hybridized carbons (Fsp3) is 0.540. The first-order chi connectivity index (χ1) is 35.6. The molecule has 1 aromatic heterocycles. The van der Waals surface area contributed by atoms with Crippen LogP contribution in [0.3, 0.4) is 0 Å². The molecule has 0 spiro atoms. The van der Waals surface area contributed by atoms with Gasteiger partial charge in [-0.2, -0.15) is 0 Å². The molecule has 11 heteroatoms. The molecule has 0 amide bonds. The van der Waals surface area contributed by atoms with E-state index in [0.717, 1.165) is 72.2 Å². The zero-order valence-corrected chi connectivity index (χ0v) is 44.5. The normalized spacial score (nSPS) is 28.3. The summed E-state index contributed by atoms with van der Waals surface area (Å²) in [5.41, 5.74) is 13.2. The lowest BCUT2D eigenvalue weighted by atomic mass is 9.65. The van der Waals surface area contributed by atoms with Crippen molar-refractivity contribution in [3.8, 4) is 33.9 Å². The van der Waals surface area contributed by atoms with Crippen molar-refractivity contribution in [1.82, 2.24) is 15.6 Å². The minimum atomic E-state index is -1.28. The number of phenolic OH excluding ortho intramolecular Hbond substituents is 2. The summed E-state index contributed by atoms with van der Waals surface area (Å²) in [5, 5.41) is 77.7. The number of rotatable bonds is 20. The van der Waals surface area contributed by atoms with Crippen molar-refractivity contribution in [3.63, 3.8) is 0 Å². The van der Waals surface area contributed by atoms with Gasteiger partial charge in [0.2, 0.25) is 0 Å². The van der Waals surface area contributed by atoms with Crippen molar-refractivity contribution in [2.24, 2.45) is 47.2 Å². The van der Waals surface area contributed by atoms with Gasteiger partial charge in [0, 0.05) is 65.7 Å². The summed E-state index contributed by atoms with van der Waals surface area (Å²) < 4.78 is 0. The molecule has 11 atom stereocenters. The van der Waals surface area contributed by atoms with Gasteiger partial charge in [0.1, 0.15) is 11.5 Å². The van der Waals surface area contributed by atoms with Crippen LogP contribution in [0.4, 0.5) is 0 Å². The topological polar surface area (TPSA) is 204 Å². The van der Waals surface area contributed by atoms with Crippen LogP contribution in [0.15, 0.2) is 108 Å². The lowest BCUT2D eigenvalue weighted by Gasteiger charge is -2.44. The van der Waals surface area contributed by atoms with E-state index in [2.05, 4.69) is 97.1 Å². The van der Waals surface area contributed by atoms with Gasteiger partial charge in [0.25, 0.3) is 0 Å². The second-order valence-electron chi connectivity index (χ2n) is 23.1. The highest BCUT2D eigenvalue weighted by atomic mass is 16.4. The Morgan fingerprint density at radius 3 is 2.34 bits per heavy atom. The fourth-order valence-corrected chi connectivity index (χ4v) is 13.7. The summed E-state index contributed by atoms with van der Waals surface area (Å²) in [6.07, 6.45) is 19.2. The number of unbranched alkanes of at least 4 members (excludes halogenated alkanes) is 3. The highest BCUT2D eigenvalue weighted by molar-refractivity contribution is 5.85. The van der Waals surface area contributed by atoms with Crippen molar-refractivity contribution in [1.29, 1.82) is 0 Å². The van der Waals surface area contributed by atoms with E-state index in [9.17, 15) is 35.4 Å². The third-order valence-electron chi connectivity index (χ3n) is 17.6. The van der Waals surface area contributed by atoms with Gasteiger partial charge in [0.15, 0.2) is 0 Å². The molecule has 8 rings (SSSR count). The average molecular weight is 1010 g/mol. The highest BCUT2D eigenvalue weighted by Crippen LogP contribution is 2.56. The van der Waals surface area contributed by atoms with Gasteiger partial charge in [0.05, 0.1) is 35.2 Å². The lowest BCUT2D eigenvalue weighted by molar-refractivity contribution is -0.152. The number of aliphatic carboxylic acids is 1.